The molecule has 5 heteroatoms. The van der Waals surface area contributed by atoms with Gasteiger partial charge in [-0.25, -0.2) is 4.98 Å². The van der Waals surface area contributed by atoms with Crippen LogP contribution in [0.5, 0.6) is 0 Å². The first kappa shape index (κ1) is 14.9. The van der Waals surface area contributed by atoms with Crippen LogP contribution in [0.2, 0.25) is 0 Å². The highest BCUT2D eigenvalue weighted by atomic mass is 32.1. The van der Waals surface area contributed by atoms with Gasteiger partial charge in [0.25, 0.3) is 0 Å². The molecule has 1 aliphatic rings. The van der Waals surface area contributed by atoms with E-state index >= 15 is 0 Å². The smallest absolute Gasteiger partial charge is 0.0798 e. The molecule has 1 aliphatic heterocycles. The van der Waals surface area contributed by atoms with Gasteiger partial charge in [0.1, 0.15) is 0 Å². The number of nitrogens with zero attached hydrogens (tertiary/aromatic N) is 3. The normalized spacial score (nSPS) is 25.7. The van der Waals surface area contributed by atoms with Gasteiger partial charge in [-0.2, -0.15) is 0 Å². The van der Waals surface area contributed by atoms with Crippen molar-refractivity contribution in [3.63, 3.8) is 0 Å². The minimum atomic E-state index is 0.154. The maximum atomic E-state index is 6.15. The summed E-state index contributed by atoms with van der Waals surface area (Å²) in [6.45, 7) is 6.14. The second-order valence-corrected chi connectivity index (χ2v) is 6.74. The van der Waals surface area contributed by atoms with E-state index in [1.54, 1.807) is 11.3 Å². The first-order valence-corrected chi connectivity index (χ1v) is 7.94. The van der Waals surface area contributed by atoms with Crippen molar-refractivity contribution < 1.29 is 0 Å². The van der Waals surface area contributed by atoms with E-state index in [0.717, 1.165) is 31.7 Å². The van der Waals surface area contributed by atoms with Gasteiger partial charge in [-0.05, 0) is 53.4 Å². The van der Waals surface area contributed by atoms with Gasteiger partial charge in [0.15, 0.2) is 0 Å². The summed E-state index contributed by atoms with van der Waals surface area (Å²) in [5.74, 6) is 0. The Hall–Kier alpha value is -0.490. The lowest BCUT2D eigenvalue weighted by atomic mass is 9.88. The third-order valence-electron chi connectivity index (χ3n) is 4.56. The number of aromatic nitrogens is 1. The van der Waals surface area contributed by atoms with Crippen LogP contribution in [0.4, 0.5) is 0 Å². The summed E-state index contributed by atoms with van der Waals surface area (Å²) in [6, 6.07) is 0. The Bertz CT molecular complexity index is 406. The first-order chi connectivity index (χ1) is 9.07. The highest BCUT2D eigenvalue weighted by Crippen LogP contribution is 2.29. The van der Waals surface area contributed by atoms with Crippen LogP contribution in [0.3, 0.4) is 0 Å². The monoisotopic (exact) mass is 282 g/mol. The molecular weight excluding hydrogens is 256 g/mol. The van der Waals surface area contributed by atoms with Crippen LogP contribution in [-0.4, -0.2) is 54.1 Å². The minimum Gasteiger partial charge on any atom is -0.329 e. The lowest BCUT2D eigenvalue weighted by Gasteiger charge is -2.40. The van der Waals surface area contributed by atoms with Crippen molar-refractivity contribution in [2.24, 2.45) is 5.73 Å². The molecule has 0 aromatic carbocycles. The molecule has 0 aliphatic carbocycles. The van der Waals surface area contributed by atoms with E-state index in [1.807, 2.05) is 5.51 Å². The summed E-state index contributed by atoms with van der Waals surface area (Å²) < 4.78 is 0. The number of aryl methyl sites for hydroxylation is 1. The lowest BCUT2D eigenvalue weighted by molar-refractivity contribution is 0.101. The average molecular weight is 282 g/mol. The van der Waals surface area contributed by atoms with E-state index in [2.05, 4.69) is 35.8 Å². The number of likely N-dealkylation sites (tertiary alicyclic amines) is 1. The molecule has 19 heavy (non-hydrogen) atoms. The molecule has 0 spiro atoms. The van der Waals surface area contributed by atoms with Gasteiger partial charge in [-0.1, -0.05) is 0 Å². The number of likely N-dealkylation sites (N-methyl/N-ethyl adjacent to an activating group) is 1. The molecule has 0 saturated carbocycles. The highest BCUT2D eigenvalue weighted by molar-refractivity contribution is 7.09. The molecule has 108 valence electrons. The van der Waals surface area contributed by atoms with Crippen molar-refractivity contribution in [3.8, 4) is 0 Å². The molecule has 0 radical (unpaired) electrons. The Morgan fingerprint density at radius 1 is 1.47 bits per heavy atom. The number of rotatable bonds is 4. The quantitative estimate of drug-likeness (QED) is 0.913. The van der Waals surface area contributed by atoms with Crippen LogP contribution < -0.4 is 5.73 Å². The average Bonchev–Trinajstić information content (AvgIpc) is 2.69. The molecule has 1 unspecified atom stereocenters. The topological polar surface area (TPSA) is 45.4 Å². The van der Waals surface area contributed by atoms with Crippen molar-refractivity contribution >= 4 is 11.3 Å². The van der Waals surface area contributed by atoms with Gasteiger partial charge in [-0.15, -0.1) is 11.3 Å². The Morgan fingerprint density at radius 2 is 2.26 bits per heavy atom. The Morgan fingerprint density at radius 3 is 2.89 bits per heavy atom. The molecule has 0 bridgehead atoms. The molecule has 1 aromatic rings. The maximum Gasteiger partial charge on any atom is 0.0798 e. The van der Waals surface area contributed by atoms with Gasteiger partial charge < -0.3 is 10.6 Å². The third-order valence-corrected chi connectivity index (χ3v) is 5.48. The molecule has 1 saturated heterocycles. The maximum absolute atomic E-state index is 6.15. The fourth-order valence-corrected chi connectivity index (χ4v) is 3.75. The largest absolute Gasteiger partial charge is 0.329 e. The number of hydrogen-bond acceptors (Lipinski definition) is 5. The molecule has 1 atom stereocenters. The summed E-state index contributed by atoms with van der Waals surface area (Å²) in [5.41, 5.74) is 9.40. The Kier molecular flexibility index (Phi) is 4.95. The van der Waals surface area contributed by atoms with Gasteiger partial charge in [-0.3, -0.25) is 4.90 Å². The van der Waals surface area contributed by atoms with Crippen molar-refractivity contribution in [1.82, 2.24) is 14.8 Å². The fourth-order valence-electron chi connectivity index (χ4n) is 2.92. The summed E-state index contributed by atoms with van der Waals surface area (Å²) >= 11 is 1.75. The summed E-state index contributed by atoms with van der Waals surface area (Å²) in [5, 5.41) is 0. The Labute approximate surface area is 120 Å². The molecule has 4 nitrogen and oxygen atoms in total. The zero-order chi connectivity index (χ0) is 13.9. The first-order valence-electron chi connectivity index (χ1n) is 7.06. The van der Waals surface area contributed by atoms with Crippen LogP contribution in [0.15, 0.2) is 5.51 Å². The number of nitrogens with two attached hydrogens (primary N) is 1. The molecule has 2 heterocycles. The van der Waals surface area contributed by atoms with Crippen LogP contribution in [0, 0.1) is 6.92 Å². The van der Waals surface area contributed by atoms with E-state index < -0.39 is 0 Å². The second-order valence-electron chi connectivity index (χ2n) is 5.80. The third kappa shape index (κ3) is 3.34. The Balaban J connectivity index is 2.09. The number of hydrogen-bond donors (Lipinski definition) is 1. The summed E-state index contributed by atoms with van der Waals surface area (Å²) in [7, 11) is 4.43. The second kappa shape index (κ2) is 6.31. The van der Waals surface area contributed by atoms with E-state index in [1.165, 1.54) is 24.3 Å². The van der Waals surface area contributed by atoms with Crippen molar-refractivity contribution in [1.29, 1.82) is 0 Å². The van der Waals surface area contributed by atoms with E-state index in [9.17, 15) is 0 Å². The number of thiazole rings is 1. The van der Waals surface area contributed by atoms with Gasteiger partial charge >= 0.3 is 0 Å². The van der Waals surface area contributed by atoms with Gasteiger partial charge in [0.2, 0.25) is 0 Å². The van der Waals surface area contributed by atoms with Crippen molar-refractivity contribution in [2.75, 3.05) is 33.7 Å². The van der Waals surface area contributed by atoms with Crippen LogP contribution >= 0.6 is 11.3 Å². The SMILES string of the molecule is Cc1ncsc1CN(C)C1(CN)CCCN(C)CC1. The zero-order valence-corrected chi connectivity index (χ0v) is 13.2. The van der Waals surface area contributed by atoms with Gasteiger partial charge in [0.05, 0.1) is 11.2 Å². The van der Waals surface area contributed by atoms with Crippen molar-refractivity contribution in [2.45, 2.75) is 38.3 Å². The van der Waals surface area contributed by atoms with Crippen LogP contribution in [0.1, 0.15) is 29.8 Å². The summed E-state index contributed by atoms with van der Waals surface area (Å²) in [4.78, 5) is 10.6. The molecule has 1 fully saturated rings. The molecule has 1 aromatic heterocycles. The minimum absolute atomic E-state index is 0.154. The van der Waals surface area contributed by atoms with Crippen molar-refractivity contribution in [3.05, 3.63) is 16.1 Å². The lowest BCUT2D eigenvalue weighted by Crippen LogP contribution is -2.52. The van der Waals surface area contributed by atoms with Crippen LogP contribution in [-0.2, 0) is 6.54 Å². The molecule has 2 rings (SSSR count). The standard InChI is InChI=1S/C14H26N4S/c1-12-13(19-11-16-12)9-18(3)14(10-15)5-4-7-17(2)8-6-14/h11H,4-10,15H2,1-3H3. The highest BCUT2D eigenvalue weighted by Gasteiger charge is 2.34. The summed E-state index contributed by atoms with van der Waals surface area (Å²) in [6.07, 6.45) is 3.59. The predicted octanol–water partition coefficient (Wildman–Crippen LogP) is 1.70. The van der Waals surface area contributed by atoms with E-state index in [0.29, 0.717) is 0 Å². The zero-order valence-electron chi connectivity index (χ0n) is 12.4. The van der Waals surface area contributed by atoms with E-state index in [4.69, 9.17) is 5.73 Å². The molecular formula is C14H26N4S. The van der Waals surface area contributed by atoms with Crippen LogP contribution in [0.25, 0.3) is 0 Å². The van der Waals surface area contributed by atoms with E-state index in [-0.39, 0.29) is 5.54 Å². The molecule has 0 amide bonds. The molecule has 2 N–H and O–H groups in total. The predicted molar refractivity (Wildman–Crippen MR) is 81.5 cm³/mol. The van der Waals surface area contributed by atoms with Gasteiger partial charge in [0, 0.05) is 23.5 Å². The fraction of sp³-hybridized carbons (Fsp3) is 0.786.